The lowest BCUT2D eigenvalue weighted by Crippen LogP contribution is -2.05. The molecule has 0 aliphatic carbocycles. The first-order valence-electron chi connectivity index (χ1n) is 22.0. The van der Waals surface area contributed by atoms with Gasteiger partial charge < -0.3 is 4.57 Å². The second kappa shape index (κ2) is 13.1. The molecule has 9 aromatic carbocycles. The fourth-order valence-corrected chi connectivity index (χ4v) is 9.56. The summed E-state index contributed by atoms with van der Waals surface area (Å²) in [5, 5.41) is 6.86. The van der Waals surface area contributed by atoms with Crippen LogP contribution < -0.4 is 0 Å². The number of para-hydroxylation sites is 3. The number of hydrogen-bond donors (Lipinski definition) is 0. The molecule has 0 saturated carbocycles. The molecule has 0 bridgehead atoms. The molecule has 12 aromatic rings. The van der Waals surface area contributed by atoms with Crippen molar-refractivity contribution in [3.63, 3.8) is 0 Å². The summed E-state index contributed by atoms with van der Waals surface area (Å²) in [7, 11) is 0. The molecule has 4 nitrogen and oxygen atoms in total. The summed E-state index contributed by atoms with van der Waals surface area (Å²) in [6, 6.07) is 51.3. The molecule has 5 heteroatoms. The van der Waals surface area contributed by atoms with Crippen LogP contribution in [-0.2, 0) is 0 Å². The molecule has 0 atom stereocenters. The second-order valence-corrected chi connectivity index (χ2v) is 15.3. The lowest BCUT2D eigenvalue weighted by Gasteiger charge is -2.19. The zero-order valence-corrected chi connectivity index (χ0v) is 31.5. The average molecular weight is 763 g/mol. The molecule has 0 fully saturated rings. The van der Waals surface area contributed by atoms with Crippen molar-refractivity contribution in [3.05, 3.63) is 194 Å². The molecule has 0 aliphatic heterocycles. The normalized spacial score (nSPS) is 13.2. The van der Waals surface area contributed by atoms with E-state index in [0.717, 1.165) is 54.5 Å². The van der Waals surface area contributed by atoms with Crippen LogP contribution in [0.3, 0.4) is 0 Å². The smallest absolute Gasteiger partial charge is 0.166 e. The highest BCUT2D eigenvalue weighted by Crippen LogP contribution is 2.46. The first-order chi connectivity index (χ1) is 31.3. The molecular weight excluding hydrogens is 725 g/mol. The van der Waals surface area contributed by atoms with Crippen LogP contribution in [0.2, 0.25) is 0 Å². The summed E-state index contributed by atoms with van der Waals surface area (Å²) in [6.45, 7) is 0. The van der Waals surface area contributed by atoms with Gasteiger partial charge >= 0.3 is 0 Å². The van der Waals surface area contributed by atoms with E-state index in [1.54, 1.807) is 0 Å². The summed E-state index contributed by atoms with van der Waals surface area (Å²) < 4.78 is 57.5. The van der Waals surface area contributed by atoms with Crippen molar-refractivity contribution in [1.29, 1.82) is 0 Å². The third kappa shape index (κ3) is 5.04. The van der Waals surface area contributed by atoms with Crippen LogP contribution in [0.25, 0.3) is 115 Å². The summed E-state index contributed by atoms with van der Waals surface area (Å²) in [6.07, 6.45) is 0. The van der Waals surface area contributed by atoms with Gasteiger partial charge in [-0.05, 0) is 51.9 Å². The van der Waals surface area contributed by atoms with Gasteiger partial charge in [-0.1, -0.05) is 164 Å². The van der Waals surface area contributed by atoms with E-state index in [9.17, 15) is 4.11 Å². The van der Waals surface area contributed by atoms with Crippen LogP contribution in [0.15, 0.2) is 194 Å². The number of hydrogen-bond acceptors (Lipinski definition) is 4. The molecule has 270 valence electrons. The Hall–Kier alpha value is -7.47. The van der Waals surface area contributed by atoms with Gasteiger partial charge in [0.05, 0.1) is 24.9 Å². The van der Waals surface area contributed by atoms with Crippen molar-refractivity contribution >= 4 is 74.9 Å². The van der Waals surface area contributed by atoms with E-state index in [2.05, 4.69) is 59.2 Å². The maximum absolute atomic E-state index is 9.66. The summed E-state index contributed by atoms with van der Waals surface area (Å²) >= 11 is 1.22. The van der Waals surface area contributed by atoms with Crippen LogP contribution in [-0.4, -0.2) is 19.5 Å². The van der Waals surface area contributed by atoms with Crippen molar-refractivity contribution in [2.45, 2.75) is 0 Å². The monoisotopic (exact) mass is 762 g/mol. The van der Waals surface area contributed by atoms with E-state index in [1.165, 1.54) is 17.4 Å². The first-order valence-corrected chi connectivity index (χ1v) is 19.9. The van der Waals surface area contributed by atoms with Gasteiger partial charge in [0.2, 0.25) is 0 Å². The maximum atomic E-state index is 9.66. The highest BCUT2D eigenvalue weighted by molar-refractivity contribution is 7.26. The quantitative estimate of drug-likeness (QED) is 0.164. The third-order valence-corrected chi connectivity index (χ3v) is 12.1. The Labute approximate surface area is 346 Å². The van der Waals surface area contributed by atoms with E-state index in [4.69, 9.17) is 19.1 Å². The van der Waals surface area contributed by atoms with Crippen LogP contribution in [0.5, 0.6) is 0 Å². The Morgan fingerprint density at radius 3 is 1.83 bits per heavy atom. The average Bonchev–Trinajstić information content (AvgIpc) is 3.90. The highest BCUT2D eigenvalue weighted by atomic mass is 32.1. The van der Waals surface area contributed by atoms with Gasteiger partial charge in [0.25, 0.3) is 0 Å². The number of thiophene rings is 1. The predicted octanol–water partition coefficient (Wildman–Crippen LogP) is 14.3. The van der Waals surface area contributed by atoms with Gasteiger partial charge in [0, 0.05) is 58.8 Å². The molecule has 0 saturated heterocycles. The molecule has 3 heterocycles. The van der Waals surface area contributed by atoms with Crippen LogP contribution in [0.1, 0.15) is 8.22 Å². The van der Waals surface area contributed by atoms with Crippen molar-refractivity contribution < 1.29 is 8.22 Å². The zero-order chi connectivity index (χ0) is 43.4. The molecule has 0 aliphatic rings. The largest absolute Gasteiger partial charge is 0.308 e. The van der Waals surface area contributed by atoms with Gasteiger partial charge in [-0.2, -0.15) is 0 Å². The van der Waals surface area contributed by atoms with Gasteiger partial charge in [0.1, 0.15) is 0 Å². The maximum Gasteiger partial charge on any atom is 0.166 e. The number of nitrogens with zero attached hydrogens (tertiary/aromatic N) is 4. The lowest BCUT2D eigenvalue weighted by atomic mass is 9.96. The van der Waals surface area contributed by atoms with Crippen molar-refractivity contribution in [2.75, 3.05) is 0 Å². The van der Waals surface area contributed by atoms with Crippen molar-refractivity contribution in [2.24, 2.45) is 0 Å². The minimum absolute atomic E-state index is 0.0596. The molecule has 3 aromatic heterocycles. The summed E-state index contributed by atoms with van der Waals surface area (Å²) in [5.41, 5.74) is 5.73. The Morgan fingerprint density at radius 2 is 1.03 bits per heavy atom. The Morgan fingerprint density at radius 1 is 0.414 bits per heavy atom. The molecular formula is C53H32N4S. The lowest BCUT2D eigenvalue weighted by molar-refractivity contribution is 1.07. The predicted molar refractivity (Wildman–Crippen MR) is 244 cm³/mol. The molecule has 0 N–H and O–H groups in total. The Bertz CT molecular complexity index is 3880. The number of benzene rings is 9. The first kappa shape index (κ1) is 27.2. The topological polar surface area (TPSA) is 43.6 Å². The second-order valence-electron chi connectivity index (χ2n) is 14.3. The minimum atomic E-state index is -0.306. The van der Waals surface area contributed by atoms with Crippen molar-refractivity contribution in [1.82, 2.24) is 19.5 Å². The highest BCUT2D eigenvalue weighted by Gasteiger charge is 2.24. The van der Waals surface area contributed by atoms with Gasteiger partial charge in [-0.15, -0.1) is 11.3 Å². The van der Waals surface area contributed by atoms with Crippen LogP contribution in [0, 0.1) is 0 Å². The Kier molecular flexibility index (Phi) is 6.12. The van der Waals surface area contributed by atoms with Gasteiger partial charge in [0.15, 0.2) is 17.5 Å². The molecule has 12 rings (SSSR count). The van der Waals surface area contributed by atoms with Crippen LogP contribution in [0.4, 0.5) is 0 Å². The minimum Gasteiger partial charge on any atom is -0.308 e. The standard InChI is InChI=1S/C53H32N4S/c1-2-16-33(17-3-1)51-54-52(56-53(55-51)45-32-34-18-4-5-19-35(34)36-20-6-7-21-37(36)45)44-28-14-25-41(43-27-15-26-42-40-24-10-13-31-48(40)58-50(42)43)49(44)57-46-29-11-8-22-38(46)39-23-9-12-30-47(39)57/h1-32H/i10D,15D,24D,26D,27D,31D. The summed E-state index contributed by atoms with van der Waals surface area (Å²) in [4.78, 5) is 15.9. The molecule has 0 amide bonds. The number of rotatable bonds is 5. The fourth-order valence-electron chi connectivity index (χ4n) is 8.46. The Balaban J connectivity index is 1.25. The van der Waals surface area contributed by atoms with Gasteiger partial charge in [-0.25, -0.2) is 15.0 Å². The van der Waals surface area contributed by atoms with E-state index in [1.807, 2.05) is 97.1 Å². The van der Waals surface area contributed by atoms with Crippen molar-refractivity contribution in [3.8, 4) is 51.0 Å². The molecule has 58 heavy (non-hydrogen) atoms. The van der Waals surface area contributed by atoms with E-state index < -0.39 is 0 Å². The van der Waals surface area contributed by atoms with E-state index in [0.29, 0.717) is 54.6 Å². The molecule has 0 unspecified atom stereocenters. The van der Waals surface area contributed by atoms with Crippen LogP contribution >= 0.6 is 11.3 Å². The van der Waals surface area contributed by atoms with E-state index in [-0.39, 0.29) is 41.6 Å². The summed E-state index contributed by atoms with van der Waals surface area (Å²) in [5.74, 6) is 1.36. The zero-order valence-electron chi connectivity index (χ0n) is 36.7. The number of fused-ring (bicyclic) bond motifs is 9. The SMILES string of the molecule is [2H]c1cc([2H])c2sc3c(-c4cccc(-c5nc(-c6ccccc6)nc(-c6cc7ccccc7c7ccccc67)n5)c4-n4c5ccccc5c5ccccc54)c([2H])c([2H])c([2H])c3c2c1[2H]. The fraction of sp³-hybridized carbons (Fsp3) is 0. The third-order valence-electron chi connectivity index (χ3n) is 11.0. The number of aromatic nitrogens is 4. The molecule has 0 spiro atoms. The van der Waals surface area contributed by atoms with E-state index >= 15 is 0 Å². The molecule has 0 radical (unpaired) electrons. The van der Waals surface area contributed by atoms with Gasteiger partial charge in [-0.3, -0.25) is 0 Å².